The molecule has 0 bridgehead atoms. The third kappa shape index (κ3) is 5.93. The smallest absolute Gasteiger partial charge is 0.0713 e. The summed E-state index contributed by atoms with van der Waals surface area (Å²) in [6.45, 7) is 0. The first-order valence-corrected chi connectivity index (χ1v) is 21.5. The fourth-order valence-electron chi connectivity index (χ4n) is 8.98. The lowest BCUT2D eigenvalue weighted by Crippen LogP contribution is -2.28. The van der Waals surface area contributed by atoms with E-state index in [9.17, 15) is 0 Å². The molecule has 3 aliphatic rings. The van der Waals surface area contributed by atoms with Gasteiger partial charge >= 0.3 is 0 Å². The van der Waals surface area contributed by atoms with Crippen molar-refractivity contribution in [1.82, 2.24) is 0 Å². The number of hydrogen-bond donors (Lipinski definition) is 0. The van der Waals surface area contributed by atoms with E-state index in [1.54, 1.807) is 0 Å². The van der Waals surface area contributed by atoms with Crippen LogP contribution in [0.15, 0.2) is 212 Å². The minimum Gasteiger partial charge on any atom is -0.343 e. The highest BCUT2D eigenvalue weighted by atomic mass is 32.2. The van der Waals surface area contributed by atoms with Crippen LogP contribution in [0.25, 0.3) is 11.1 Å². The maximum absolute atomic E-state index is 4.97. The van der Waals surface area contributed by atoms with Gasteiger partial charge in [-0.05, 0) is 117 Å². The van der Waals surface area contributed by atoms with E-state index in [0.717, 1.165) is 22.5 Å². The van der Waals surface area contributed by atoms with E-state index in [4.69, 9.17) is 9.98 Å². The van der Waals surface area contributed by atoms with Gasteiger partial charge < -0.3 is 9.80 Å². The average molecular weight is 795 g/mol. The predicted octanol–water partition coefficient (Wildman–Crippen LogP) is 14.0. The largest absolute Gasteiger partial charge is 0.343 e. The van der Waals surface area contributed by atoms with E-state index >= 15 is 0 Å². The molecule has 0 fully saturated rings. The minimum absolute atomic E-state index is 0.508. The van der Waals surface area contributed by atoms with Crippen LogP contribution in [0.4, 0.5) is 34.1 Å². The average Bonchev–Trinajstić information content (AvgIpc) is 3.59. The Bertz CT molecular complexity index is 2780. The van der Waals surface area contributed by atoms with Crippen LogP contribution >= 0.6 is 23.5 Å². The molecule has 0 spiro atoms. The van der Waals surface area contributed by atoms with Gasteiger partial charge in [-0.1, -0.05) is 133 Å². The summed E-state index contributed by atoms with van der Waals surface area (Å²) in [7, 11) is 4.28. The van der Waals surface area contributed by atoms with Crippen molar-refractivity contribution in [2.24, 2.45) is 9.98 Å². The zero-order valence-corrected chi connectivity index (χ0v) is 34.2. The molecule has 0 unspecified atom stereocenters. The van der Waals surface area contributed by atoms with Crippen molar-refractivity contribution in [2.45, 2.75) is 25.0 Å². The normalized spacial score (nSPS) is 14.4. The molecule has 0 amide bonds. The van der Waals surface area contributed by atoms with Gasteiger partial charge in [-0.25, -0.2) is 0 Å². The fourth-order valence-corrected chi connectivity index (χ4v) is 11.2. The van der Waals surface area contributed by atoms with Crippen LogP contribution in [0.5, 0.6) is 0 Å². The van der Waals surface area contributed by atoms with Gasteiger partial charge in [-0.15, -0.1) is 0 Å². The Balaban J connectivity index is 0.913. The van der Waals surface area contributed by atoms with Crippen molar-refractivity contribution in [3.05, 3.63) is 215 Å². The number of benzene rings is 8. The van der Waals surface area contributed by atoms with Crippen LogP contribution in [0.2, 0.25) is 0 Å². The van der Waals surface area contributed by atoms with Crippen molar-refractivity contribution in [3.8, 4) is 11.1 Å². The second-order valence-corrected chi connectivity index (χ2v) is 17.3. The molecule has 0 aromatic heterocycles. The first-order chi connectivity index (χ1) is 29.0. The standard InChI is InChI=1S/C53H38N4S2/c1-56-45-15-7-9-17-49(45)58-51-29-19-35(31-47(51)56)33-54-39-25-21-37(22-26-39)53(43-13-5-3-11-41(43)42-12-4-6-14-44(42)53)38-23-27-40(28-24-38)55-34-36-20-30-52-48(32-36)57(2)46-16-8-10-18-50(46)59-52/h3-34H,1-2H3. The topological polar surface area (TPSA) is 31.2 Å². The van der Waals surface area contributed by atoms with Crippen LogP contribution < -0.4 is 9.80 Å². The summed E-state index contributed by atoms with van der Waals surface area (Å²) in [6.07, 6.45) is 3.95. The van der Waals surface area contributed by atoms with Gasteiger partial charge in [-0.3, -0.25) is 9.98 Å². The van der Waals surface area contributed by atoms with E-state index < -0.39 is 5.41 Å². The molecule has 282 valence electrons. The van der Waals surface area contributed by atoms with E-state index in [2.05, 4.69) is 206 Å². The van der Waals surface area contributed by atoms with E-state index in [1.807, 2.05) is 36.0 Å². The van der Waals surface area contributed by atoms with Crippen molar-refractivity contribution in [2.75, 3.05) is 23.9 Å². The number of para-hydroxylation sites is 2. The second-order valence-electron chi connectivity index (χ2n) is 15.2. The van der Waals surface area contributed by atoms with Crippen LogP contribution in [-0.2, 0) is 5.41 Å². The Labute approximate surface area is 353 Å². The molecule has 2 aliphatic heterocycles. The fraction of sp³-hybridized carbons (Fsp3) is 0.0566. The molecule has 0 saturated heterocycles. The van der Waals surface area contributed by atoms with Crippen molar-refractivity contribution in [1.29, 1.82) is 0 Å². The van der Waals surface area contributed by atoms with Crippen molar-refractivity contribution in [3.63, 3.8) is 0 Å². The minimum atomic E-state index is -0.508. The molecule has 2 heterocycles. The summed E-state index contributed by atoms with van der Waals surface area (Å²) < 4.78 is 0. The summed E-state index contributed by atoms with van der Waals surface area (Å²) in [5, 5.41) is 0. The maximum Gasteiger partial charge on any atom is 0.0713 e. The Morgan fingerprint density at radius 2 is 0.797 bits per heavy atom. The predicted molar refractivity (Wildman–Crippen MR) is 248 cm³/mol. The molecule has 1 aliphatic carbocycles. The Morgan fingerprint density at radius 3 is 1.25 bits per heavy atom. The number of aliphatic imine (C=N–C) groups is 2. The maximum atomic E-state index is 4.97. The van der Waals surface area contributed by atoms with Crippen LogP contribution in [0.1, 0.15) is 33.4 Å². The second kappa shape index (κ2) is 14.3. The molecule has 8 aromatic carbocycles. The molecule has 0 radical (unpaired) electrons. The molecule has 11 rings (SSSR count). The molecule has 8 aromatic rings. The third-order valence-corrected chi connectivity index (χ3v) is 14.1. The molecule has 0 saturated carbocycles. The van der Waals surface area contributed by atoms with Gasteiger partial charge in [0.15, 0.2) is 0 Å². The Morgan fingerprint density at radius 1 is 0.407 bits per heavy atom. The molecular formula is C53H38N4S2. The Kier molecular flexibility index (Phi) is 8.64. The number of nitrogens with zero attached hydrogens (tertiary/aromatic N) is 4. The third-order valence-electron chi connectivity index (χ3n) is 11.9. The number of hydrogen-bond acceptors (Lipinski definition) is 6. The number of anilines is 4. The molecule has 4 nitrogen and oxygen atoms in total. The summed E-state index contributed by atoms with van der Waals surface area (Å²) in [6, 6.07) is 65.7. The molecule has 0 atom stereocenters. The van der Waals surface area contributed by atoms with Crippen LogP contribution in [0, 0.1) is 0 Å². The summed E-state index contributed by atoms with van der Waals surface area (Å²) in [5.41, 5.74) is 15.8. The lowest BCUT2D eigenvalue weighted by Gasteiger charge is -2.34. The highest BCUT2D eigenvalue weighted by Crippen LogP contribution is 2.56. The van der Waals surface area contributed by atoms with E-state index in [-0.39, 0.29) is 0 Å². The number of rotatable bonds is 6. The van der Waals surface area contributed by atoms with Gasteiger partial charge in [-0.2, -0.15) is 0 Å². The first-order valence-electron chi connectivity index (χ1n) is 19.8. The molecule has 0 N–H and O–H groups in total. The lowest BCUT2D eigenvalue weighted by molar-refractivity contribution is 0.768. The highest BCUT2D eigenvalue weighted by Gasteiger charge is 2.45. The van der Waals surface area contributed by atoms with Gasteiger partial charge in [0.2, 0.25) is 0 Å². The summed E-state index contributed by atoms with van der Waals surface area (Å²) in [5.74, 6) is 0. The molecule has 59 heavy (non-hydrogen) atoms. The van der Waals surface area contributed by atoms with Crippen molar-refractivity contribution >= 4 is 70.1 Å². The van der Waals surface area contributed by atoms with Crippen molar-refractivity contribution < 1.29 is 0 Å². The summed E-state index contributed by atoms with van der Waals surface area (Å²) >= 11 is 3.64. The van der Waals surface area contributed by atoms with Gasteiger partial charge in [0.25, 0.3) is 0 Å². The Hall–Kier alpha value is -6.60. The number of fused-ring (bicyclic) bond motifs is 7. The summed E-state index contributed by atoms with van der Waals surface area (Å²) in [4.78, 5) is 19.6. The van der Waals surface area contributed by atoms with Crippen LogP contribution in [-0.4, -0.2) is 26.5 Å². The van der Waals surface area contributed by atoms with E-state index in [1.165, 1.54) is 75.7 Å². The SMILES string of the molecule is CN1c2ccccc2Sc2ccc(C=Nc3ccc(C4(c5ccc(N=Cc6ccc7c(c6)N(C)c6ccccc6S7)cc5)c5ccccc5-c5ccccc54)cc3)cc21. The van der Waals surface area contributed by atoms with Gasteiger partial charge in [0.05, 0.1) is 39.5 Å². The van der Waals surface area contributed by atoms with E-state index in [0.29, 0.717) is 0 Å². The highest BCUT2D eigenvalue weighted by molar-refractivity contribution is 8.00. The molecular weight excluding hydrogens is 757 g/mol. The van der Waals surface area contributed by atoms with Crippen LogP contribution in [0.3, 0.4) is 0 Å². The lowest BCUT2D eigenvalue weighted by atomic mass is 9.67. The first kappa shape index (κ1) is 35.6. The quantitative estimate of drug-likeness (QED) is 0.157. The molecule has 6 heteroatoms. The zero-order chi connectivity index (χ0) is 39.5. The zero-order valence-electron chi connectivity index (χ0n) is 32.6. The van der Waals surface area contributed by atoms with Gasteiger partial charge in [0.1, 0.15) is 0 Å². The monoisotopic (exact) mass is 794 g/mol. The van der Waals surface area contributed by atoms with Gasteiger partial charge in [0, 0.05) is 46.1 Å².